The number of nitrogens with zero attached hydrogens (tertiary/aromatic N) is 5. The first-order chi connectivity index (χ1) is 22.8. The lowest BCUT2D eigenvalue weighted by atomic mass is 10.0. The fourth-order valence-electron chi connectivity index (χ4n) is 6.97. The third-order valence-electron chi connectivity index (χ3n) is 8.96. The lowest BCUT2D eigenvalue weighted by Crippen LogP contribution is -2.73. The molecule has 216 valence electrons. The number of para-hydroxylation sites is 3. The normalized spacial score (nSPS) is 15.0. The van der Waals surface area contributed by atoms with Crippen LogP contribution in [0.3, 0.4) is 0 Å². The molecule has 8 aromatic rings. The summed E-state index contributed by atoms with van der Waals surface area (Å²) >= 11 is 0. The Morgan fingerprint density at radius 2 is 1.11 bits per heavy atom. The Morgan fingerprint density at radius 3 is 1.85 bits per heavy atom. The van der Waals surface area contributed by atoms with E-state index in [1.807, 2.05) is 48.8 Å². The van der Waals surface area contributed by atoms with Crippen molar-refractivity contribution in [1.29, 1.82) is 0 Å². The molecule has 0 spiro atoms. The number of fused-ring (bicyclic) bond motifs is 5. The van der Waals surface area contributed by atoms with Crippen LogP contribution in [0.4, 0.5) is 0 Å². The maximum absolute atomic E-state index is 5.42. The van der Waals surface area contributed by atoms with E-state index in [4.69, 9.17) is 9.97 Å². The molecule has 0 radical (unpaired) electrons. The average molecular weight is 606 g/mol. The Kier molecular flexibility index (Phi) is 6.08. The molecule has 1 atom stereocenters. The summed E-state index contributed by atoms with van der Waals surface area (Å²) in [4.78, 5) is 19.7. The first-order valence-electron chi connectivity index (χ1n) is 15.4. The summed E-state index contributed by atoms with van der Waals surface area (Å²) in [5.74, 6) is 0. The van der Waals surface area contributed by atoms with Gasteiger partial charge in [-0.2, -0.15) is 0 Å². The van der Waals surface area contributed by atoms with Crippen LogP contribution in [0.25, 0.3) is 50.6 Å². The lowest BCUT2D eigenvalue weighted by molar-refractivity contribution is 1.17. The molecule has 6 heteroatoms. The van der Waals surface area contributed by atoms with Crippen LogP contribution in [0.15, 0.2) is 164 Å². The average Bonchev–Trinajstić information content (AvgIpc) is 3.66. The van der Waals surface area contributed by atoms with Gasteiger partial charge in [0.25, 0.3) is 0 Å². The molecule has 0 saturated carbocycles. The number of hydrogen-bond acceptors (Lipinski definition) is 4. The Morgan fingerprint density at radius 1 is 0.457 bits per heavy atom. The molecule has 4 aromatic heterocycles. The number of rotatable bonds is 5. The summed E-state index contributed by atoms with van der Waals surface area (Å²) in [5.41, 5.74) is 9.96. The second-order valence-electron chi connectivity index (χ2n) is 11.5. The maximum atomic E-state index is 5.42. The van der Waals surface area contributed by atoms with Gasteiger partial charge in [-0.1, -0.05) is 97.1 Å². The van der Waals surface area contributed by atoms with Crippen LogP contribution in [-0.4, -0.2) is 32.6 Å². The molecule has 5 nitrogen and oxygen atoms in total. The Labute approximate surface area is 267 Å². The van der Waals surface area contributed by atoms with Gasteiger partial charge in [0.05, 0.1) is 33.8 Å². The van der Waals surface area contributed by atoms with Crippen LogP contribution >= 0.6 is 0 Å². The smallest absolute Gasteiger partial charge is 0.226 e. The molecule has 46 heavy (non-hydrogen) atoms. The summed E-state index contributed by atoms with van der Waals surface area (Å²) in [6.07, 6.45) is 3.62. The van der Waals surface area contributed by atoms with E-state index < -0.39 is 8.07 Å². The van der Waals surface area contributed by atoms with Crippen molar-refractivity contribution in [2.24, 2.45) is 0 Å². The van der Waals surface area contributed by atoms with Gasteiger partial charge >= 0.3 is 0 Å². The van der Waals surface area contributed by atoms with E-state index in [9.17, 15) is 0 Å². The van der Waals surface area contributed by atoms with Gasteiger partial charge in [-0.3, -0.25) is 14.5 Å². The number of hydrogen-bond donors (Lipinski definition) is 0. The van der Waals surface area contributed by atoms with Crippen molar-refractivity contribution in [3.05, 3.63) is 164 Å². The van der Waals surface area contributed by atoms with E-state index in [0.717, 1.165) is 50.4 Å². The van der Waals surface area contributed by atoms with Crippen LogP contribution in [0.2, 0.25) is 0 Å². The van der Waals surface area contributed by atoms with Crippen molar-refractivity contribution < 1.29 is 0 Å². The fourth-order valence-corrected chi connectivity index (χ4v) is 11.9. The van der Waals surface area contributed by atoms with Crippen LogP contribution in [-0.2, 0) is 0 Å². The molecule has 5 heterocycles. The molecular formula is C40H27N5Si. The van der Waals surface area contributed by atoms with Crippen molar-refractivity contribution in [1.82, 2.24) is 24.5 Å². The van der Waals surface area contributed by atoms with Gasteiger partial charge < -0.3 is 0 Å². The standard InChI is InChI=1S/C40H27N5Si/c1-2-14-30(15-3-1)46(39-22-7-6-21-38(39)45-37-20-5-4-19-34(37)44-40(45)46)31-16-12-13-28(25-31)29-26-35(32-17-8-10-23-41-32)43-36(27-29)33-18-9-11-24-42-33/h1-27H. The Balaban J connectivity index is 1.32. The molecule has 0 N–H and O–H groups in total. The summed E-state index contributed by atoms with van der Waals surface area (Å²) in [7, 11) is -2.82. The number of imidazole rings is 1. The van der Waals surface area contributed by atoms with Crippen molar-refractivity contribution in [2.75, 3.05) is 0 Å². The zero-order valence-corrected chi connectivity index (χ0v) is 25.8. The molecule has 0 saturated heterocycles. The lowest BCUT2D eigenvalue weighted by Gasteiger charge is -2.28. The van der Waals surface area contributed by atoms with Gasteiger partial charge in [-0.05, 0) is 81.3 Å². The largest absolute Gasteiger partial charge is 0.299 e. The highest BCUT2D eigenvalue weighted by molar-refractivity contribution is 7.20. The van der Waals surface area contributed by atoms with E-state index in [0.29, 0.717) is 0 Å². The monoisotopic (exact) mass is 605 g/mol. The number of benzene rings is 4. The van der Waals surface area contributed by atoms with Crippen LogP contribution in [0.5, 0.6) is 0 Å². The zero-order chi connectivity index (χ0) is 30.5. The maximum Gasteiger partial charge on any atom is 0.226 e. The van der Waals surface area contributed by atoms with Crippen LogP contribution in [0, 0.1) is 0 Å². The minimum atomic E-state index is -2.82. The third kappa shape index (κ3) is 4.01. The van der Waals surface area contributed by atoms with Gasteiger partial charge in [0, 0.05) is 18.1 Å². The van der Waals surface area contributed by atoms with E-state index in [1.54, 1.807) is 0 Å². The molecule has 0 fully saturated rings. The molecule has 0 bridgehead atoms. The molecule has 0 amide bonds. The molecule has 9 rings (SSSR count). The predicted octanol–water partition coefficient (Wildman–Crippen LogP) is 5.90. The third-order valence-corrected chi connectivity index (χ3v) is 13.6. The van der Waals surface area contributed by atoms with E-state index >= 15 is 0 Å². The Hall–Kier alpha value is -5.98. The molecule has 1 aliphatic rings. The predicted molar refractivity (Wildman–Crippen MR) is 188 cm³/mol. The van der Waals surface area contributed by atoms with Gasteiger partial charge in [0.1, 0.15) is 5.45 Å². The fraction of sp³-hybridized carbons (Fsp3) is 0. The minimum Gasteiger partial charge on any atom is -0.299 e. The molecule has 0 aliphatic carbocycles. The highest BCUT2D eigenvalue weighted by Crippen LogP contribution is 2.30. The molecule has 4 aromatic carbocycles. The quantitative estimate of drug-likeness (QED) is 0.229. The summed E-state index contributed by atoms with van der Waals surface area (Å²) in [6.45, 7) is 0. The summed E-state index contributed by atoms with van der Waals surface area (Å²) < 4.78 is 2.40. The first kappa shape index (κ1) is 26.4. The SMILES string of the molecule is c1ccc([Si]2(c3cccc(-c4cc(-c5ccccn5)nc(-c5ccccn5)c4)c3)c3ccccc3-n3c2nc2ccccc23)cc1. The second kappa shape index (κ2) is 10.6. The molecular weight excluding hydrogens is 579 g/mol. The number of aromatic nitrogens is 5. The van der Waals surface area contributed by atoms with Crippen LogP contribution < -0.4 is 21.0 Å². The van der Waals surface area contributed by atoms with Crippen molar-refractivity contribution in [3.8, 4) is 39.6 Å². The highest BCUT2D eigenvalue weighted by Gasteiger charge is 2.51. The molecule has 1 aliphatic heterocycles. The van der Waals surface area contributed by atoms with Gasteiger partial charge in [-0.25, -0.2) is 9.97 Å². The van der Waals surface area contributed by atoms with E-state index in [-0.39, 0.29) is 0 Å². The second-order valence-corrected chi connectivity index (χ2v) is 15.2. The molecule has 1 unspecified atom stereocenters. The zero-order valence-electron chi connectivity index (χ0n) is 24.8. The summed E-state index contributed by atoms with van der Waals surface area (Å²) in [6, 6.07) is 53.5. The topological polar surface area (TPSA) is 56.5 Å². The van der Waals surface area contributed by atoms with Crippen molar-refractivity contribution >= 4 is 40.1 Å². The van der Waals surface area contributed by atoms with Gasteiger partial charge in [0.2, 0.25) is 8.07 Å². The Bertz CT molecular complexity index is 2310. The minimum absolute atomic E-state index is 0.812. The van der Waals surface area contributed by atoms with Gasteiger partial charge in [0.15, 0.2) is 0 Å². The number of pyridine rings is 3. The van der Waals surface area contributed by atoms with Crippen molar-refractivity contribution in [2.45, 2.75) is 0 Å². The van der Waals surface area contributed by atoms with E-state index in [1.165, 1.54) is 21.2 Å². The van der Waals surface area contributed by atoms with Gasteiger partial charge in [-0.15, -0.1) is 0 Å². The highest BCUT2D eigenvalue weighted by atomic mass is 28.3. The van der Waals surface area contributed by atoms with E-state index in [2.05, 4.69) is 130 Å². The van der Waals surface area contributed by atoms with Crippen molar-refractivity contribution in [3.63, 3.8) is 0 Å². The summed E-state index contributed by atoms with van der Waals surface area (Å²) in [5, 5.41) is 3.95. The van der Waals surface area contributed by atoms with Crippen LogP contribution in [0.1, 0.15) is 0 Å². The first-order valence-corrected chi connectivity index (χ1v) is 17.4.